The second kappa shape index (κ2) is 6.30. The van der Waals surface area contributed by atoms with Crippen LogP contribution in [0.5, 0.6) is 0 Å². The van der Waals surface area contributed by atoms with Gasteiger partial charge in [0.2, 0.25) is 0 Å². The molecule has 0 aromatic carbocycles. The molecule has 0 fully saturated rings. The van der Waals surface area contributed by atoms with E-state index in [4.69, 9.17) is 15.3 Å². The Kier molecular flexibility index (Phi) is 6.67. The van der Waals surface area contributed by atoms with E-state index in [1.54, 1.807) is 0 Å². The number of rotatable bonds is 5. The molecule has 0 aliphatic heterocycles. The molecule has 0 radical (unpaired) electrons. The predicted octanol–water partition coefficient (Wildman–Crippen LogP) is -0.679. The minimum Gasteiger partial charge on any atom is -0.396 e. The molecule has 0 bridgehead atoms. The van der Waals surface area contributed by atoms with Crippen molar-refractivity contribution in [2.75, 3.05) is 18.1 Å². The first-order chi connectivity index (χ1) is 4.72. The molecule has 0 saturated heterocycles. The Balaban J connectivity index is 3.31. The van der Waals surface area contributed by atoms with Gasteiger partial charge >= 0.3 is 0 Å². The third-order valence-corrected chi connectivity index (χ3v) is 2.34. The fraction of sp³-hybridized carbons (Fsp3) is 1.00. The Hall–Kier alpha value is 0.580. The third kappa shape index (κ3) is 4.40. The van der Waals surface area contributed by atoms with Crippen LogP contribution in [0.25, 0.3) is 0 Å². The van der Waals surface area contributed by atoms with Crippen molar-refractivity contribution >= 4 is 24.4 Å². The number of thiol groups is 1. The van der Waals surface area contributed by atoms with Crippen LogP contribution in [0.4, 0.5) is 0 Å². The molecule has 3 nitrogen and oxygen atoms in total. The lowest BCUT2D eigenvalue weighted by molar-refractivity contribution is 0.0908. The van der Waals surface area contributed by atoms with Gasteiger partial charge in [0.25, 0.3) is 0 Å². The smallest absolute Gasteiger partial charge is 0.126 e. The maximum Gasteiger partial charge on any atom is 0.126 e. The highest BCUT2D eigenvalue weighted by Gasteiger charge is 2.13. The number of aliphatic hydroxyl groups excluding tert-OH is 3. The van der Waals surface area contributed by atoms with Crippen molar-refractivity contribution in [1.82, 2.24) is 0 Å². The molecule has 5 heteroatoms. The third-order valence-electron chi connectivity index (χ3n) is 0.896. The number of aliphatic hydroxyl groups is 3. The van der Waals surface area contributed by atoms with Crippen LogP contribution in [-0.4, -0.2) is 45.0 Å². The summed E-state index contributed by atoms with van der Waals surface area (Å²) in [6.07, 6.45) is -0.806. The lowest BCUT2D eigenvalue weighted by atomic mass is 10.4. The van der Waals surface area contributed by atoms with Crippen molar-refractivity contribution in [1.29, 1.82) is 0 Å². The highest BCUT2D eigenvalue weighted by molar-refractivity contribution is 7.99. The quantitative estimate of drug-likeness (QED) is 0.338. The second-order valence-electron chi connectivity index (χ2n) is 1.73. The van der Waals surface area contributed by atoms with E-state index in [-0.39, 0.29) is 12.4 Å². The summed E-state index contributed by atoms with van der Waals surface area (Å²) in [4.78, 5) is 0. The van der Waals surface area contributed by atoms with Crippen LogP contribution < -0.4 is 0 Å². The minimum atomic E-state index is -0.829. The maximum absolute atomic E-state index is 9.00. The fourth-order valence-corrected chi connectivity index (χ4v) is 1.38. The molecule has 3 N–H and O–H groups in total. The minimum absolute atomic E-state index is 0.0149. The van der Waals surface area contributed by atoms with Gasteiger partial charge in [0.1, 0.15) is 5.44 Å². The van der Waals surface area contributed by atoms with E-state index in [0.717, 1.165) is 11.8 Å². The first kappa shape index (κ1) is 10.6. The first-order valence-corrected chi connectivity index (χ1v) is 4.60. The number of hydrogen-bond donors (Lipinski definition) is 4. The van der Waals surface area contributed by atoms with E-state index in [9.17, 15) is 0 Å². The van der Waals surface area contributed by atoms with E-state index in [1.165, 1.54) is 0 Å². The zero-order valence-corrected chi connectivity index (χ0v) is 7.18. The molecule has 0 rings (SSSR count). The summed E-state index contributed by atoms with van der Waals surface area (Å²) >= 11 is 4.91. The molecule has 0 amide bonds. The van der Waals surface area contributed by atoms with Gasteiger partial charge in [-0.1, -0.05) is 0 Å². The lowest BCUT2D eigenvalue weighted by Gasteiger charge is -2.13. The highest BCUT2D eigenvalue weighted by Crippen LogP contribution is 2.11. The van der Waals surface area contributed by atoms with Crippen LogP contribution in [0.3, 0.4) is 0 Å². The van der Waals surface area contributed by atoms with E-state index < -0.39 is 11.5 Å². The molecule has 62 valence electrons. The number of hydrogen-bond acceptors (Lipinski definition) is 5. The van der Waals surface area contributed by atoms with Gasteiger partial charge in [0.15, 0.2) is 0 Å². The van der Waals surface area contributed by atoms with Crippen molar-refractivity contribution in [3.63, 3.8) is 0 Å². The molecule has 0 spiro atoms. The van der Waals surface area contributed by atoms with Gasteiger partial charge in [-0.25, -0.2) is 0 Å². The molecule has 0 heterocycles. The standard InChI is InChI=1S/C5H12O3S2/c6-1-2-10-5(8)4(7)3-9/h4-9H,1-3H2. The van der Waals surface area contributed by atoms with Crippen LogP contribution in [0.2, 0.25) is 0 Å². The van der Waals surface area contributed by atoms with Crippen molar-refractivity contribution in [2.45, 2.75) is 11.5 Å². The van der Waals surface area contributed by atoms with E-state index in [1.807, 2.05) is 0 Å². The molecule has 10 heavy (non-hydrogen) atoms. The molecule has 0 aromatic heterocycles. The average molecular weight is 184 g/mol. The zero-order valence-electron chi connectivity index (χ0n) is 5.47. The first-order valence-electron chi connectivity index (χ1n) is 2.91. The topological polar surface area (TPSA) is 60.7 Å². The Labute approximate surface area is 69.9 Å². The van der Waals surface area contributed by atoms with Gasteiger partial charge in [-0.05, 0) is 0 Å². The second-order valence-corrected chi connectivity index (χ2v) is 3.32. The SMILES string of the molecule is OCCSC(O)C(O)CS. The number of thioether (sulfide) groups is 1. The molecule has 0 aromatic rings. The summed E-state index contributed by atoms with van der Waals surface area (Å²) in [5, 5.41) is 26.3. The van der Waals surface area contributed by atoms with Gasteiger partial charge in [-0.15, -0.1) is 11.8 Å². The summed E-state index contributed by atoms with van der Waals surface area (Å²) in [5.41, 5.74) is -0.829. The normalized spacial score (nSPS) is 16.8. The summed E-state index contributed by atoms with van der Waals surface area (Å²) in [5.74, 6) is 0.672. The van der Waals surface area contributed by atoms with Gasteiger partial charge in [0, 0.05) is 11.5 Å². The van der Waals surface area contributed by atoms with Crippen LogP contribution >= 0.6 is 24.4 Å². The van der Waals surface area contributed by atoms with Crippen molar-refractivity contribution < 1.29 is 15.3 Å². The van der Waals surface area contributed by atoms with Gasteiger partial charge in [0.05, 0.1) is 12.7 Å². The van der Waals surface area contributed by atoms with Crippen LogP contribution in [0, 0.1) is 0 Å². The summed E-state index contributed by atoms with van der Waals surface area (Å²) in [6.45, 7) is 0.0149. The summed E-state index contributed by atoms with van der Waals surface area (Å²) in [7, 11) is 0. The Morgan fingerprint density at radius 2 is 2.00 bits per heavy atom. The maximum atomic E-state index is 9.00. The fourth-order valence-electron chi connectivity index (χ4n) is 0.375. The van der Waals surface area contributed by atoms with Crippen LogP contribution in [0.15, 0.2) is 0 Å². The lowest BCUT2D eigenvalue weighted by Crippen LogP contribution is -2.24. The predicted molar refractivity (Wildman–Crippen MR) is 45.4 cm³/mol. The average Bonchev–Trinajstić information content (AvgIpc) is 1.98. The molecule has 0 aliphatic carbocycles. The van der Waals surface area contributed by atoms with E-state index in [0.29, 0.717) is 5.75 Å². The summed E-state index contributed by atoms with van der Waals surface area (Å²) < 4.78 is 0. The van der Waals surface area contributed by atoms with Crippen molar-refractivity contribution in [3.05, 3.63) is 0 Å². The van der Waals surface area contributed by atoms with Crippen molar-refractivity contribution in [2.24, 2.45) is 0 Å². The van der Waals surface area contributed by atoms with E-state index >= 15 is 0 Å². The van der Waals surface area contributed by atoms with Gasteiger partial charge < -0.3 is 15.3 Å². The molecular weight excluding hydrogens is 172 g/mol. The van der Waals surface area contributed by atoms with E-state index in [2.05, 4.69) is 12.6 Å². The Morgan fingerprint density at radius 3 is 2.40 bits per heavy atom. The zero-order chi connectivity index (χ0) is 7.98. The molecule has 0 aliphatic rings. The van der Waals surface area contributed by atoms with Gasteiger partial charge in [-0.2, -0.15) is 12.6 Å². The van der Waals surface area contributed by atoms with Gasteiger partial charge in [-0.3, -0.25) is 0 Å². The van der Waals surface area contributed by atoms with Crippen molar-refractivity contribution in [3.8, 4) is 0 Å². The van der Waals surface area contributed by atoms with Crippen LogP contribution in [0.1, 0.15) is 0 Å². The Morgan fingerprint density at radius 1 is 1.40 bits per heavy atom. The highest BCUT2D eigenvalue weighted by atomic mass is 32.2. The molecular formula is C5H12O3S2. The Bertz CT molecular complexity index is 81.3. The summed E-state index contributed by atoms with van der Waals surface area (Å²) in [6, 6.07) is 0. The molecule has 0 saturated carbocycles. The monoisotopic (exact) mass is 184 g/mol. The largest absolute Gasteiger partial charge is 0.396 e. The molecule has 2 atom stereocenters. The van der Waals surface area contributed by atoms with Crippen LogP contribution in [-0.2, 0) is 0 Å². The molecule has 2 unspecified atom stereocenters.